The van der Waals surface area contributed by atoms with Crippen LogP contribution in [-0.2, 0) is 0 Å². The Hall–Kier alpha value is -1.36. The first-order chi connectivity index (χ1) is 8.22. The highest BCUT2D eigenvalue weighted by molar-refractivity contribution is 5.92. The highest BCUT2D eigenvalue weighted by Gasteiger charge is 2.29. The molecule has 0 bridgehead atoms. The molecule has 3 rings (SSSR count). The van der Waals surface area contributed by atoms with Gasteiger partial charge in [-0.2, -0.15) is 0 Å². The van der Waals surface area contributed by atoms with Crippen molar-refractivity contribution in [3.8, 4) is 0 Å². The van der Waals surface area contributed by atoms with E-state index in [1.54, 1.807) is 6.07 Å². The lowest BCUT2D eigenvalue weighted by atomic mass is 10.2. The first-order valence-electron chi connectivity index (χ1n) is 6.18. The quantitative estimate of drug-likeness (QED) is 0.848. The lowest BCUT2D eigenvalue weighted by Crippen LogP contribution is -2.36. The second-order valence-corrected chi connectivity index (χ2v) is 5.11. The average Bonchev–Trinajstić information content (AvgIpc) is 2.88. The van der Waals surface area contributed by atoms with Crippen LogP contribution in [0.5, 0.6) is 0 Å². The van der Waals surface area contributed by atoms with Crippen molar-refractivity contribution in [3.63, 3.8) is 0 Å². The summed E-state index contributed by atoms with van der Waals surface area (Å²) in [5.74, 6) is 1.25. The second kappa shape index (κ2) is 4.14. The third kappa shape index (κ3) is 2.34. The van der Waals surface area contributed by atoms with Crippen LogP contribution >= 0.6 is 0 Å². The second-order valence-electron chi connectivity index (χ2n) is 5.11. The molecule has 5 nitrogen and oxygen atoms in total. The largest absolute Gasteiger partial charge is 0.360 e. The molecule has 1 saturated carbocycles. The number of carbonyl (C=O) groups is 1. The minimum absolute atomic E-state index is 0.110. The van der Waals surface area contributed by atoms with Crippen LogP contribution < -0.4 is 5.32 Å². The molecule has 1 aliphatic heterocycles. The summed E-state index contributed by atoms with van der Waals surface area (Å²) in [6.45, 7) is 1.95. The minimum Gasteiger partial charge on any atom is -0.360 e. The molecule has 2 fully saturated rings. The first kappa shape index (κ1) is 10.8. The summed E-state index contributed by atoms with van der Waals surface area (Å²) in [5.41, 5.74) is 0.418. The van der Waals surface area contributed by atoms with E-state index in [-0.39, 0.29) is 11.9 Å². The highest BCUT2D eigenvalue weighted by Crippen LogP contribution is 2.40. The van der Waals surface area contributed by atoms with Gasteiger partial charge in [0.15, 0.2) is 5.69 Å². The van der Waals surface area contributed by atoms with Gasteiger partial charge in [0, 0.05) is 24.6 Å². The van der Waals surface area contributed by atoms with Gasteiger partial charge in [-0.15, -0.1) is 0 Å². The van der Waals surface area contributed by atoms with E-state index in [0.717, 1.165) is 38.1 Å². The minimum atomic E-state index is -0.110. The average molecular weight is 235 g/mol. The third-order valence-electron chi connectivity index (χ3n) is 3.47. The van der Waals surface area contributed by atoms with Gasteiger partial charge in [0.1, 0.15) is 5.76 Å². The zero-order valence-corrected chi connectivity index (χ0v) is 9.98. The van der Waals surface area contributed by atoms with Crippen LogP contribution in [0.2, 0.25) is 0 Å². The molecule has 1 aromatic rings. The van der Waals surface area contributed by atoms with E-state index in [1.165, 1.54) is 0 Å². The van der Waals surface area contributed by atoms with E-state index in [2.05, 4.69) is 22.4 Å². The van der Waals surface area contributed by atoms with Crippen LogP contribution in [0.4, 0.5) is 0 Å². The van der Waals surface area contributed by atoms with Crippen molar-refractivity contribution in [1.82, 2.24) is 15.4 Å². The summed E-state index contributed by atoms with van der Waals surface area (Å²) in [7, 11) is 2.06. The fourth-order valence-electron chi connectivity index (χ4n) is 2.27. The summed E-state index contributed by atoms with van der Waals surface area (Å²) in [6, 6.07) is 2.03. The summed E-state index contributed by atoms with van der Waals surface area (Å²) in [6.07, 6.45) is 3.32. The van der Waals surface area contributed by atoms with Crippen LogP contribution in [0, 0.1) is 0 Å². The number of likely N-dealkylation sites (N-methyl/N-ethyl adjacent to an activating group) is 1. The summed E-state index contributed by atoms with van der Waals surface area (Å²) in [4.78, 5) is 14.1. The predicted molar refractivity (Wildman–Crippen MR) is 61.8 cm³/mol. The SMILES string of the molecule is CN1CCC(NC(=O)c2cc(C3CC3)on2)C1. The molecule has 2 heterocycles. The van der Waals surface area contributed by atoms with E-state index in [4.69, 9.17) is 4.52 Å². The van der Waals surface area contributed by atoms with Gasteiger partial charge in [0.2, 0.25) is 0 Å². The number of hydrogen-bond acceptors (Lipinski definition) is 4. The Kier molecular flexibility index (Phi) is 2.63. The van der Waals surface area contributed by atoms with Gasteiger partial charge < -0.3 is 14.7 Å². The van der Waals surface area contributed by atoms with Crippen LogP contribution in [0.1, 0.15) is 41.4 Å². The molecule has 0 radical (unpaired) electrons. The van der Waals surface area contributed by atoms with Crippen LogP contribution in [-0.4, -0.2) is 42.1 Å². The van der Waals surface area contributed by atoms with Crippen LogP contribution in [0.25, 0.3) is 0 Å². The molecule has 92 valence electrons. The highest BCUT2D eigenvalue weighted by atomic mass is 16.5. The molecule has 1 amide bonds. The Balaban J connectivity index is 1.60. The van der Waals surface area contributed by atoms with Crippen molar-refractivity contribution >= 4 is 5.91 Å². The molecular formula is C12H17N3O2. The van der Waals surface area contributed by atoms with Crippen LogP contribution in [0.15, 0.2) is 10.6 Å². The zero-order valence-electron chi connectivity index (χ0n) is 9.98. The van der Waals surface area contributed by atoms with Crippen molar-refractivity contribution in [1.29, 1.82) is 0 Å². The molecule has 0 aromatic carbocycles. The molecule has 1 aliphatic carbocycles. The van der Waals surface area contributed by atoms with Crippen molar-refractivity contribution < 1.29 is 9.32 Å². The van der Waals surface area contributed by atoms with Gasteiger partial charge >= 0.3 is 0 Å². The number of hydrogen-bond donors (Lipinski definition) is 1. The normalized spacial score (nSPS) is 25.1. The third-order valence-corrected chi connectivity index (χ3v) is 3.47. The lowest BCUT2D eigenvalue weighted by molar-refractivity contribution is 0.0929. The van der Waals surface area contributed by atoms with Gasteiger partial charge in [-0.1, -0.05) is 5.16 Å². The maximum atomic E-state index is 11.9. The van der Waals surface area contributed by atoms with Crippen molar-refractivity contribution in [2.75, 3.05) is 20.1 Å². The number of rotatable bonds is 3. The smallest absolute Gasteiger partial charge is 0.273 e. The molecule has 0 spiro atoms. The molecule has 1 aromatic heterocycles. The zero-order chi connectivity index (χ0) is 11.8. The van der Waals surface area contributed by atoms with Crippen molar-refractivity contribution in [3.05, 3.63) is 17.5 Å². The topological polar surface area (TPSA) is 58.4 Å². The maximum absolute atomic E-state index is 11.9. The monoisotopic (exact) mass is 235 g/mol. The van der Waals surface area contributed by atoms with Gasteiger partial charge in [-0.05, 0) is 32.9 Å². The number of nitrogens with one attached hydrogen (secondary N) is 1. The standard InChI is InChI=1S/C12H17N3O2/c1-15-5-4-9(7-15)13-12(16)10-6-11(17-14-10)8-2-3-8/h6,8-9H,2-5,7H2,1H3,(H,13,16). The van der Waals surface area contributed by atoms with E-state index in [9.17, 15) is 4.79 Å². The molecule has 1 N–H and O–H groups in total. The molecule has 2 aliphatic rings. The Morgan fingerprint density at radius 3 is 3.00 bits per heavy atom. The van der Waals surface area contributed by atoms with E-state index < -0.39 is 0 Å². The van der Waals surface area contributed by atoms with E-state index in [1.807, 2.05) is 0 Å². The molecular weight excluding hydrogens is 218 g/mol. The fourth-order valence-corrected chi connectivity index (χ4v) is 2.27. The number of likely N-dealkylation sites (tertiary alicyclic amines) is 1. The van der Waals surface area contributed by atoms with Gasteiger partial charge in [0.05, 0.1) is 0 Å². The molecule has 17 heavy (non-hydrogen) atoms. The van der Waals surface area contributed by atoms with Crippen molar-refractivity contribution in [2.24, 2.45) is 0 Å². The molecule has 5 heteroatoms. The van der Waals surface area contributed by atoms with E-state index >= 15 is 0 Å². The number of carbonyl (C=O) groups excluding carboxylic acids is 1. The van der Waals surface area contributed by atoms with Crippen molar-refractivity contribution in [2.45, 2.75) is 31.2 Å². The molecule has 1 atom stereocenters. The number of nitrogens with zero attached hydrogens (tertiary/aromatic N) is 2. The van der Waals surface area contributed by atoms with Crippen LogP contribution in [0.3, 0.4) is 0 Å². The number of aromatic nitrogens is 1. The van der Waals surface area contributed by atoms with E-state index in [0.29, 0.717) is 11.6 Å². The summed E-state index contributed by atoms with van der Waals surface area (Å²) < 4.78 is 5.17. The van der Waals surface area contributed by atoms with Gasteiger partial charge in [-0.3, -0.25) is 4.79 Å². The maximum Gasteiger partial charge on any atom is 0.273 e. The molecule has 1 saturated heterocycles. The lowest BCUT2D eigenvalue weighted by Gasteiger charge is -2.11. The Bertz CT molecular complexity index is 425. The predicted octanol–water partition coefficient (Wildman–Crippen LogP) is 0.986. The first-order valence-corrected chi connectivity index (χ1v) is 6.18. The fraction of sp³-hybridized carbons (Fsp3) is 0.667. The van der Waals surface area contributed by atoms with Gasteiger partial charge in [0.25, 0.3) is 5.91 Å². The number of amides is 1. The molecule has 1 unspecified atom stereocenters. The Morgan fingerprint density at radius 1 is 1.53 bits per heavy atom. The Labute approximate surface area is 100 Å². The van der Waals surface area contributed by atoms with Gasteiger partial charge in [-0.25, -0.2) is 0 Å². The Morgan fingerprint density at radius 2 is 2.35 bits per heavy atom. The summed E-state index contributed by atoms with van der Waals surface area (Å²) >= 11 is 0. The summed E-state index contributed by atoms with van der Waals surface area (Å²) in [5, 5.41) is 6.83.